The zero-order valence-electron chi connectivity index (χ0n) is 10.4. The maximum Gasteiger partial charge on any atom is 0.198 e. The minimum Gasteiger partial charge on any atom is -0.222 e. The lowest BCUT2D eigenvalue weighted by atomic mass is 10.2. The minimum absolute atomic E-state index is 0.175. The van der Waals surface area contributed by atoms with Crippen molar-refractivity contribution in [1.82, 2.24) is 0 Å². The van der Waals surface area contributed by atoms with E-state index in [1.165, 1.54) is 12.1 Å². The van der Waals surface area contributed by atoms with Gasteiger partial charge >= 0.3 is 0 Å². The van der Waals surface area contributed by atoms with Gasteiger partial charge in [0.2, 0.25) is 0 Å². The van der Waals surface area contributed by atoms with Crippen LogP contribution in [0.3, 0.4) is 0 Å². The molecule has 0 amide bonds. The van der Waals surface area contributed by atoms with Gasteiger partial charge in [-0.25, -0.2) is 8.42 Å². The molecule has 0 aromatic heterocycles. The van der Waals surface area contributed by atoms with Gasteiger partial charge < -0.3 is 0 Å². The maximum absolute atomic E-state index is 12.5. The highest BCUT2D eigenvalue weighted by Gasteiger charge is 2.28. The summed E-state index contributed by atoms with van der Waals surface area (Å²) in [5.74, 6) is 0. The zero-order valence-corrected chi connectivity index (χ0v) is 11.3. The zero-order chi connectivity index (χ0) is 13.9. The van der Waals surface area contributed by atoms with Gasteiger partial charge in [0, 0.05) is 0 Å². The van der Waals surface area contributed by atoms with Crippen molar-refractivity contribution in [3.8, 4) is 6.07 Å². The molecule has 0 aliphatic rings. The van der Waals surface area contributed by atoms with E-state index in [0.717, 1.165) is 5.56 Å². The highest BCUT2D eigenvalue weighted by Crippen LogP contribution is 2.28. The van der Waals surface area contributed by atoms with E-state index >= 15 is 0 Å². The van der Waals surface area contributed by atoms with Crippen molar-refractivity contribution < 1.29 is 8.42 Å². The molecule has 1 atom stereocenters. The van der Waals surface area contributed by atoms with Gasteiger partial charge in [-0.2, -0.15) is 5.26 Å². The van der Waals surface area contributed by atoms with Crippen LogP contribution in [0.15, 0.2) is 59.5 Å². The number of aryl methyl sites for hydroxylation is 1. The standard InChI is InChI=1S/C15H13NO2S/c1-12-7-9-14(10-8-12)19(17,18)15(11-16)13-5-3-2-4-6-13/h2-10,15H,1H3/t15-/m0/s1. The Labute approximate surface area is 113 Å². The molecule has 0 heterocycles. The van der Waals surface area contributed by atoms with E-state index in [2.05, 4.69) is 0 Å². The van der Waals surface area contributed by atoms with E-state index in [-0.39, 0.29) is 4.90 Å². The largest absolute Gasteiger partial charge is 0.222 e. The van der Waals surface area contributed by atoms with Gasteiger partial charge in [-0.3, -0.25) is 0 Å². The molecule has 2 rings (SSSR count). The summed E-state index contributed by atoms with van der Waals surface area (Å²) >= 11 is 0. The number of nitrogens with zero attached hydrogens (tertiary/aromatic N) is 1. The van der Waals surface area contributed by atoms with Gasteiger partial charge in [-0.1, -0.05) is 48.0 Å². The molecule has 0 unspecified atom stereocenters. The molecule has 0 saturated carbocycles. The first-order valence-electron chi connectivity index (χ1n) is 5.81. The molecular weight excluding hydrogens is 258 g/mol. The van der Waals surface area contributed by atoms with Crippen molar-refractivity contribution in [3.63, 3.8) is 0 Å². The molecule has 0 bridgehead atoms. The topological polar surface area (TPSA) is 57.9 Å². The van der Waals surface area contributed by atoms with Crippen LogP contribution in [0.4, 0.5) is 0 Å². The lowest BCUT2D eigenvalue weighted by Crippen LogP contribution is -2.12. The average molecular weight is 271 g/mol. The normalized spacial score (nSPS) is 12.6. The lowest BCUT2D eigenvalue weighted by Gasteiger charge is -2.11. The molecule has 0 radical (unpaired) electrons. The van der Waals surface area contributed by atoms with Gasteiger partial charge in [-0.15, -0.1) is 0 Å². The predicted octanol–water partition coefficient (Wildman–Crippen LogP) is 3.03. The van der Waals surface area contributed by atoms with Crippen molar-refractivity contribution in [2.75, 3.05) is 0 Å². The number of hydrogen-bond donors (Lipinski definition) is 0. The first-order chi connectivity index (χ1) is 9.05. The number of hydrogen-bond acceptors (Lipinski definition) is 3. The molecule has 2 aromatic rings. The summed E-state index contributed by atoms with van der Waals surface area (Å²) in [4.78, 5) is 0.175. The van der Waals surface area contributed by atoms with Crippen LogP contribution in [0.5, 0.6) is 0 Å². The highest BCUT2D eigenvalue weighted by molar-refractivity contribution is 7.92. The molecule has 0 aliphatic carbocycles. The van der Waals surface area contributed by atoms with Crippen LogP contribution in [0.2, 0.25) is 0 Å². The van der Waals surface area contributed by atoms with E-state index < -0.39 is 15.1 Å². The Kier molecular flexibility index (Phi) is 3.68. The number of nitriles is 1. The Morgan fingerprint density at radius 1 is 1.00 bits per heavy atom. The van der Waals surface area contributed by atoms with E-state index in [4.69, 9.17) is 0 Å². The van der Waals surface area contributed by atoms with Crippen LogP contribution in [0.1, 0.15) is 16.4 Å². The molecule has 0 fully saturated rings. The number of rotatable bonds is 3. The molecule has 2 aromatic carbocycles. The summed E-state index contributed by atoms with van der Waals surface area (Å²) in [7, 11) is -3.68. The van der Waals surface area contributed by atoms with Crippen LogP contribution in [-0.2, 0) is 9.84 Å². The smallest absolute Gasteiger partial charge is 0.198 e. The first-order valence-corrected chi connectivity index (χ1v) is 7.35. The summed E-state index contributed by atoms with van der Waals surface area (Å²) in [6.45, 7) is 1.88. The molecule has 96 valence electrons. The molecule has 4 heteroatoms. The lowest BCUT2D eigenvalue weighted by molar-refractivity contribution is 0.591. The SMILES string of the molecule is Cc1ccc(S(=O)(=O)[C@@H](C#N)c2ccccc2)cc1. The second-order valence-electron chi connectivity index (χ2n) is 4.28. The second kappa shape index (κ2) is 5.25. The molecule has 0 saturated heterocycles. The van der Waals surface area contributed by atoms with Gasteiger partial charge in [0.25, 0.3) is 0 Å². The summed E-state index contributed by atoms with van der Waals surface area (Å²) in [5.41, 5.74) is 1.47. The number of sulfone groups is 1. The fourth-order valence-electron chi connectivity index (χ4n) is 1.81. The molecule has 19 heavy (non-hydrogen) atoms. The minimum atomic E-state index is -3.68. The first kappa shape index (κ1) is 13.3. The average Bonchev–Trinajstić information content (AvgIpc) is 2.41. The third-order valence-electron chi connectivity index (χ3n) is 2.88. The van der Waals surface area contributed by atoms with Gasteiger partial charge in [-0.05, 0) is 24.6 Å². The van der Waals surface area contributed by atoms with Crippen molar-refractivity contribution in [2.45, 2.75) is 17.1 Å². The van der Waals surface area contributed by atoms with E-state index in [0.29, 0.717) is 5.56 Å². The fraction of sp³-hybridized carbons (Fsp3) is 0.133. The van der Waals surface area contributed by atoms with E-state index in [1.807, 2.05) is 13.0 Å². The Morgan fingerprint density at radius 3 is 2.11 bits per heavy atom. The van der Waals surface area contributed by atoms with Crippen molar-refractivity contribution in [1.29, 1.82) is 5.26 Å². The van der Waals surface area contributed by atoms with E-state index in [9.17, 15) is 13.7 Å². The Hall–Kier alpha value is -2.12. The Bertz CT molecular complexity index is 698. The van der Waals surface area contributed by atoms with Crippen LogP contribution in [0.25, 0.3) is 0 Å². The van der Waals surface area contributed by atoms with Crippen LogP contribution >= 0.6 is 0 Å². The molecule has 0 aliphatic heterocycles. The van der Waals surface area contributed by atoms with Crippen LogP contribution in [0, 0.1) is 18.3 Å². The third kappa shape index (κ3) is 2.67. The van der Waals surface area contributed by atoms with Gasteiger partial charge in [0.05, 0.1) is 11.0 Å². The van der Waals surface area contributed by atoms with Crippen molar-refractivity contribution in [2.24, 2.45) is 0 Å². The maximum atomic E-state index is 12.5. The predicted molar refractivity (Wildman–Crippen MR) is 73.2 cm³/mol. The van der Waals surface area contributed by atoms with Gasteiger partial charge in [0.15, 0.2) is 15.1 Å². The highest BCUT2D eigenvalue weighted by atomic mass is 32.2. The molecule has 0 N–H and O–H groups in total. The summed E-state index contributed by atoms with van der Waals surface area (Å²) in [6, 6.07) is 17.0. The molecule has 0 spiro atoms. The van der Waals surface area contributed by atoms with Crippen molar-refractivity contribution >= 4 is 9.84 Å². The molecule has 3 nitrogen and oxygen atoms in total. The summed E-state index contributed by atoms with van der Waals surface area (Å²) < 4.78 is 24.9. The van der Waals surface area contributed by atoms with Crippen molar-refractivity contribution in [3.05, 3.63) is 65.7 Å². The summed E-state index contributed by atoms with van der Waals surface area (Å²) in [6.07, 6.45) is 0. The fourth-order valence-corrected chi connectivity index (χ4v) is 3.26. The summed E-state index contributed by atoms with van der Waals surface area (Å²) in [5, 5.41) is 8.03. The van der Waals surface area contributed by atoms with Crippen LogP contribution in [-0.4, -0.2) is 8.42 Å². The van der Waals surface area contributed by atoms with Crippen LogP contribution < -0.4 is 0 Å². The number of benzene rings is 2. The van der Waals surface area contributed by atoms with Gasteiger partial charge in [0.1, 0.15) is 0 Å². The Balaban J connectivity index is 2.49. The third-order valence-corrected chi connectivity index (χ3v) is 4.81. The Morgan fingerprint density at radius 2 is 1.58 bits per heavy atom. The monoisotopic (exact) mass is 271 g/mol. The second-order valence-corrected chi connectivity index (χ2v) is 6.31. The quantitative estimate of drug-likeness (QED) is 0.862. The van der Waals surface area contributed by atoms with E-state index in [1.54, 1.807) is 42.5 Å². The molecular formula is C15H13NO2S.